The number of aromatic nitrogens is 1. The van der Waals surface area contributed by atoms with Gasteiger partial charge in [0.05, 0.1) is 17.2 Å². The largest absolute Gasteiger partial charge is 0.392 e. The van der Waals surface area contributed by atoms with Crippen LogP contribution in [0, 0.1) is 10.1 Å². The Labute approximate surface area is 110 Å². The predicted molar refractivity (Wildman–Crippen MR) is 69.0 cm³/mol. The average Bonchev–Trinajstić information content (AvgIpc) is 2.70. The van der Waals surface area contributed by atoms with E-state index < -0.39 is 11.0 Å². The highest BCUT2D eigenvalue weighted by molar-refractivity contribution is 5.93. The van der Waals surface area contributed by atoms with Crippen molar-refractivity contribution in [2.45, 2.75) is 13.0 Å². The Kier molecular flexibility index (Phi) is 5.46. The van der Waals surface area contributed by atoms with Gasteiger partial charge >= 0.3 is 0 Å². The predicted octanol–water partition coefficient (Wildman–Crippen LogP) is -0.366. The number of amides is 1. The molecule has 1 rings (SSSR count). The molecule has 0 aliphatic rings. The minimum absolute atomic E-state index is 0.111. The minimum atomic E-state index is -0.541. The number of nitrogens with one attached hydrogen (secondary N) is 2. The van der Waals surface area contributed by atoms with Gasteiger partial charge in [-0.1, -0.05) is 0 Å². The van der Waals surface area contributed by atoms with Crippen LogP contribution in [-0.4, -0.2) is 46.2 Å². The van der Waals surface area contributed by atoms with Gasteiger partial charge in [-0.25, -0.2) is 0 Å². The van der Waals surface area contributed by atoms with Crippen molar-refractivity contribution in [1.82, 2.24) is 15.2 Å². The third-order valence-electron chi connectivity index (χ3n) is 2.46. The van der Waals surface area contributed by atoms with Crippen molar-refractivity contribution < 1.29 is 14.8 Å². The third-order valence-corrected chi connectivity index (χ3v) is 2.46. The normalized spacial score (nSPS) is 12.2. The lowest BCUT2D eigenvalue weighted by atomic mass is 10.3. The van der Waals surface area contributed by atoms with Gasteiger partial charge in [0, 0.05) is 32.7 Å². The SMILES string of the molecule is CC(O)CNCCNC(=O)c1cc([N+](=O)[O-])cn1C. The summed E-state index contributed by atoms with van der Waals surface area (Å²) in [5.41, 5.74) is 0.127. The van der Waals surface area contributed by atoms with Gasteiger partial charge in [0.15, 0.2) is 0 Å². The summed E-state index contributed by atoms with van der Waals surface area (Å²) < 4.78 is 1.41. The number of nitrogens with zero attached hydrogens (tertiary/aromatic N) is 2. The van der Waals surface area contributed by atoms with Crippen LogP contribution in [0.1, 0.15) is 17.4 Å². The van der Waals surface area contributed by atoms with Crippen LogP contribution in [0.15, 0.2) is 12.3 Å². The smallest absolute Gasteiger partial charge is 0.287 e. The van der Waals surface area contributed by atoms with Crippen LogP contribution in [-0.2, 0) is 7.05 Å². The van der Waals surface area contributed by atoms with Gasteiger partial charge in [0.25, 0.3) is 11.6 Å². The number of hydrogen-bond donors (Lipinski definition) is 3. The van der Waals surface area contributed by atoms with E-state index in [1.165, 1.54) is 16.8 Å². The second-order valence-electron chi connectivity index (χ2n) is 4.26. The van der Waals surface area contributed by atoms with Crippen molar-refractivity contribution in [2.75, 3.05) is 19.6 Å². The number of nitro groups is 1. The second kappa shape index (κ2) is 6.86. The van der Waals surface area contributed by atoms with Crippen LogP contribution in [0.5, 0.6) is 0 Å². The summed E-state index contributed by atoms with van der Waals surface area (Å²) in [5, 5.41) is 25.2. The molecule has 8 heteroatoms. The van der Waals surface area contributed by atoms with Gasteiger partial charge in [0.2, 0.25) is 0 Å². The van der Waals surface area contributed by atoms with E-state index in [0.29, 0.717) is 19.6 Å². The van der Waals surface area contributed by atoms with Gasteiger partial charge in [-0.05, 0) is 6.92 Å². The van der Waals surface area contributed by atoms with Gasteiger partial charge in [0.1, 0.15) is 5.69 Å². The molecule has 0 saturated carbocycles. The van der Waals surface area contributed by atoms with E-state index in [9.17, 15) is 14.9 Å². The first-order chi connectivity index (χ1) is 8.91. The Morgan fingerprint density at radius 1 is 1.58 bits per heavy atom. The molecule has 1 unspecified atom stereocenters. The summed E-state index contributed by atoms with van der Waals surface area (Å²) in [6, 6.07) is 1.23. The topological polar surface area (TPSA) is 109 Å². The molecule has 0 aliphatic heterocycles. The molecule has 8 nitrogen and oxygen atoms in total. The van der Waals surface area contributed by atoms with Gasteiger partial charge in [-0.2, -0.15) is 0 Å². The first-order valence-electron chi connectivity index (χ1n) is 5.89. The molecule has 0 spiro atoms. The molecule has 0 aromatic carbocycles. The fourth-order valence-corrected chi connectivity index (χ4v) is 1.54. The van der Waals surface area contributed by atoms with E-state index in [1.807, 2.05) is 0 Å². The number of rotatable bonds is 7. The molecular formula is C11H18N4O4. The zero-order chi connectivity index (χ0) is 14.4. The summed E-state index contributed by atoms with van der Waals surface area (Å²) in [6.07, 6.45) is 0.854. The average molecular weight is 270 g/mol. The fraction of sp³-hybridized carbons (Fsp3) is 0.545. The lowest BCUT2D eigenvalue weighted by Gasteiger charge is -2.08. The van der Waals surface area contributed by atoms with Crippen molar-refractivity contribution in [1.29, 1.82) is 0 Å². The van der Waals surface area contributed by atoms with Crippen molar-refractivity contribution in [3.63, 3.8) is 0 Å². The lowest BCUT2D eigenvalue weighted by Crippen LogP contribution is -2.35. The summed E-state index contributed by atoms with van der Waals surface area (Å²) in [4.78, 5) is 21.8. The van der Waals surface area contributed by atoms with Crippen LogP contribution in [0.3, 0.4) is 0 Å². The van der Waals surface area contributed by atoms with E-state index in [4.69, 9.17) is 5.11 Å². The third kappa shape index (κ3) is 4.68. The maximum absolute atomic E-state index is 11.8. The molecule has 19 heavy (non-hydrogen) atoms. The lowest BCUT2D eigenvalue weighted by molar-refractivity contribution is -0.384. The van der Waals surface area contributed by atoms with Crippen LogP contribution >= 0.6 is 0 Å². The maximum Gasteiger partial charge on any atom is 0.287 e. The van der Waals surface area contributed by atoms with E-state index >= 15 is 0 Å². The highest BCUT2D eigenvalue weighted by atomic mass is 16.6. The summed E-state index contributed by atoms with van der Waals surface area (Å²) >= 11 is 0. The number of carbonyl (C=O) groups excluding carboxylic acids is 1. The number of aryl methyl sites for hydroxylation is 1. The Morgan fingerprint density at radius 3 is 2.79 bits per heavy atom. The molecule has 1 aromatic rings. The summed E-state index contributed by atoms with van der Waals surface area (Å²) in [7, 11) is 1.58. The second-order valence-corrected chi connectivity index (χ2v) is 4.26. The van der Waals surface area contributed by atoms with Gasteiger partial charge in [-0.3, -0.25) is 14.9 Å². The van der Waals surface area contributed by atoms with E-state index in [2.05, 4.69) is 10.6 Å². The van der Waals surface area contributed by atoms with Crippen LogP contribution in [0.25, 0.3) is 0 Å². The molecule has 0 aliphatic carbocycles. The van der Waals surface area contributed by atoms with Crippen LogP contribution in [0.2, 0.25) is 0 Å². The zero-order valence-electron chi connectivity index (χ0n) is 10.9. The number of hydrogen-bond acceptors (Lipinski definition) is 5. The first-order valence-corrected chi connectivity index (χ1v) is 5.89. The summed E-state index contributed by atoms with van der Waals surface area (Å²) in [6.45, 7) is 3.01. The highest BCUT2D eigenvalue weighted by Crippen LogP contribution is 2.14. The van der Waals surface area contributed by atoms with Crippen LogP contribution in [0.4, 0.5) is 5.69 Å². The molecule has 106 valence electrons. The minimum Gasteiger partial charge on any atom is -0.392 e. The molecule has 1 aromatic heterocycles. The van der Waals surface area contributed by atoms with Crippen molar-refractivity contribution >= 4 is 11.6 Å². The van der Waals surface area contributed by atoms with Crippen molar-refractivity contribution in [3.05, 3.63) is 28.1 Å². The molecule has 0 fully saturated rings. The Morgan fingerprint density at radius 2 is 2.26 bits per heavy atom. The van der Waals surface area contributed by atoms with Gasteiger partial charge in [-0.15, -0.1) is 0 Å². The van der Waals surface area contributed by atoms with E-state index in [1.54, 1.807) is 14.0 Å². The Hall–Kier alpha value is -1.93. The molecule has 0 bridgehead atoms. The Balaban J connectivity index is 2.43. The number of carbonyl (C=O) groups is 1. The number of aliphatic hydroxyl groups is 1. The van der Waals surface area contributed by atoms with Crippen LogP contribution < -0.4 is 10.6 Å². The molecular weight excluding hydrogens is 252 g/mol. The molecule has 1 heterocycles. The molecule has 3 N–H and O–H groups in total. The van der Waals surface area contributed by atoms with E-state index in [0.717, 1.165) is 0 Å². The standard InChI is InChI=1S/C11H18N4O4/c1-8(16)6-12-3-4-13-11(17)10-5-9(15(18)19)7-14(10)2/h5,7-8,12,16H,3-4,6H2,1-2H3,(H,13,17). The molecule has 0 saturated heterocycles. The molecule has 1 atom stereocenters. The quantitative estimate of drug-likeness (QED) is 0.356. The molecule has 0 radical (unpaired) electrons. The van der Waals surface area contributed by atoms with Crippen molar-refractivity contribution in [3.8, 4) is 0 Å². The monoisotopic (exact) mass is 270 g/mol. The fourth-order valence-electron chi connectivity index (χ4n) is 1.54. The Bertz CT molecular complexity index is 456. The maximum atomic E-state index is 11.8. The molecule has 1 amide bonds. The first kappa shape index (κ1) is 15.1. The van der Waals surface area contributed by atoms with Gasteiger partial charge < -0.3 is 20.3 Å². The van der Waals surface area contributed by atoms with Crippen molar-refractivity contribution in [2.24, 2.45) is 7.05 Å². The summed E-state index contributed by atoms with van der Waals surface area (Å²) in [5.74, 6) is -0.366. The number of aliphatic hydroxyl groups excluding tert-OH is 1. The zero-order valence-corrected chi connectivity index (χ0v) is 10.9. The highest BCUT2D eigenvalue weighted by Gasteiger charge is 2.16. The van der Waals surface area contributed by atoms with E-state index in [-0.39, 0.29) is 17.3 Å².